The third-order valence-corrected chi connectivity index (χ3v) is 6.02. The number of ether oxygens (including phenoxy) is 1. The standard InChI is InChI=1S/C22H28FN9O2/c1-12-25-21(29-31(12)11-22(2,3)33)30-7-5-6-13(10-30)18-27-19-15-8-14(23)9-16(34-4)17(15)26-20(24)32(19)28-18/h8-9,13,33H,5-7,10-11H2,1-4H3,(H2,24,26). The minimum absolute atomic E-state index is 0.0140. The Morgan fingerprint density at radius 3 is 2.76 bits per heavy atom. The summed E-state index contributed by atoms with van der Waals surface area (Å²) >= 11 is 0. The molecule has 1 aliphatic rings. The Hall–Kier alpha value is -3.54. The van der Waals surface area contributed by atoms with Crippen molar-refractivity contribution >= 4 is 28.4 Å². The first kappa shape index (κ1) is 22.3. The van der Waals surface area contributed by atoms with Crippen LogP contribution in [-0.4, -0.2) is 65.3 Å². The molecule has 0 spiro atoms. The fourth-order valence-corrected chi connectivity index (χ4v) is 4.44. The number of nitrogen functional groups attached to an aromatic ring is 1. The van der Waals surface area contributed by atoms with E-state index in [4.69, 9.17) is 15.5 Å². The molecule has 5 rings (SSSR count). The van der Waals surface area contributed by atoms with Gasteiger partial charge in [-0.2, -0.15) is 9.50 Å². The molecule has 11 nitrogen and oxygen atoms in total. The summed E-state index contributed by atoms with van der Waals surface area (Å²) < 4.78 is 22.7. The SMILES string of the molecule is COc1cc(F)cc2c1nc(N)n1nc(C3CCCN(c4nc(C)n(CC(C)(C)O)n4)C3)nc21. The number of aryl methyl sites for hydroxylation is 1. The number of nitrogens with zero attached hydrogens (tertiary/aromatic N) is 8. The van der Waals surface area contributed by atoms with Crippen molar-refractivity contribution in [3.05, 3.63) is 29.6 Å². The first-order chi connectivity index (χ1) is 16.1. The van der Waals surface area contributed by atoms with Crippen LogP contribution in [0.4, 0.5) is 16.3 Å². The molecule has 0 bridgehead atoms. The molecular weight excluding hydrogens is 441 g/mol. The molecule has 0 aliphatic carbocycles. The van der Waals surface area contributed by atoms with Gasteiger partial charge in [0.1, 0.15) is 22.9 Å². The average Bonchev–Trinajstić information content (AvgIpc) is 3.38. The van der Waals surface area contributed by atoms with Crippen LogP contribution in [0.5, 0.6) is 5.75 Å². The number of aromatic nitrogens is 7. The molecule has 34 heavy (non-hydrogen) atoms. The molecule has 180 valence electrons. The first-order valence-corrected chi connectivity index (χ1v) is 11.2. The quantitative estimate of drug-likeness (QED) is 0.451. The largest absolute Gasteiger partial charge is 0.494 e. The third kappa shape index (κ3) is 3.98. The zero-order valence-corrected chi connectivity index (χ0v) is 19.7. The Bertz CT molecular complexity index is 1370. The van der Waals surface area contributed by atoms with Gasteiger partial charge < -0.3 is 20.5 Å². The van der Waals surface area contributed by atoms with Crippen LogP contribution in [0.25, 0.3) is 16.6 Å². The summed E-state index contributed by atoms with van der Waals surface area (Å²) in [6.45, 7) is 7.16. The Kier molecular flexibility index (Phi) is 5.27. The number of hydrogen-bond donors (Lipinski definition) is 2. The number of piperidine rings is 1. The van der Waals surface area contributed by atoms with Crippen molar-refractivity contribution in [2.24, 2.45) is 0 Å². The lowest BCUT2D eigenvalue weighted by Gasteiger charge is -2.30. The summed E-state index contributed by atoms with van der Waals surface area (Å²) in [4.78, 5) is 15.8. The van der Waals surface area contributed by atoms with Crippen molar-refractivity contribution < 1.29 is 14.2 Å². The van der Waals surface area contributed by atoms with E-state index in [2.05, 4.69) is 25.1 Å². The fraction of sp³-hybridized carbons (Fsp3) is 0.500. The molecule has 12 heteroatoms. The van der Waals surface area contributed by atoms with Gasteiger partial charge in [-0.3, -0.25) is 0 Å². The topological polar surface area (TPSA) is 133 Å². The molecule has 1 aliphatic heterocycles. The van der Waals surface area contributed by atoms with Crippen molar-refractivity contribution in [3.8, 4) is 5.75 Å². The smallest absolute Gasteiger partial charge is 0.244 e. The average molecular weight is 470 g/mol. The Labute approximate surface area is 195 Å². The van der Waals surface area contributed by atoms with E-state index in [9.17, 15) is 9.50 Å². The summed E-state index contributed by atoms with van der Waals surface area (Å²) in [5.41, 5.74) is 6.15. The second-order valence-corrected chi connectivity index (χ2v) is 9.39. The predicted octanol–water partition coefficient (Wildman–Crippen LogP) is 2.06. The number of nitrogens with two attached hydrogens (primary N) is 1. The van der Waals surface area contributed by atoms with Crippen LogP contribution < -0.4 is 15.4 Å². The predicted molar refractivity (Wildman–Crippen MR) is 124 cm³/mol. The van der Waals surface area contributed by atoms with Crippen molar-refractivity contribution in [1.82, 2.24) is 34.3 Å². The van der Waals surface area contributed by atoms with Crippen LogP contribution >= 0.6 is 0 Å². The lowest BCUT2D eigenvalue weighted by Crippen LogP contribution is -2.35. The monoisotopic (exact) mass is 469 g/mol. The first-order valence-electron chi connectivity index (χ1n) is 11.2. The van der Waals surface area contributed by atoms with Crippen LogP contribution in [0.2, 0.25) is 0 Å². The zero-order chi connectivity index (χ0) is 24.2. The number of aliphatic hydroxyl groups is 1. The van der Waals surface area contributed by atoms with Crippen LogP contribution in [-0.2, 0) is 6.54 Å². The summed E-state index contributed by atoms with van der Waals surface area (Å²) in [7, 11) is 1.46. The normalized spacial score (nSPS) is 17.1. The van der Waals surface area contributed by atoms with E-state index in [1.165, 1.54) is 23.8 Å². The third-order valence-electron chi connectivity index (χ3n) is 6.02. The van der Waals surface area contributed by atoms with E-state index < -0.39 is 11.4 Å². The number of methoxy groups -OCH3 is 1. The van der Waals surface area contributed by atoms with Crippen LogP contribution in [0.1, 0.15) is 44.3 Å². The molecule has 4 heterocycles. The summed E-state index contributed by atoms with van der Waals surface area (Å²) in [6.07, 6.45) is 1.80. The minimum atomic E-state index is -0.889. The van der Waals surface area contributed by atoms with Gasteiger partial charge >= 0.3 is 0 Å². The van der Waals surface area contributed by atoms with E-state index in [0.29, 0.717) is 47.2 Å². The van der Waals surface area contributed by atoms with Crippen LogP contribution in [0.3, 0.4) is 0 Å². The molecule has 1 atom stereocenters. The zero-order valence-electron chi connectivity index (χ0n) is 19.7. The molecule has 0 saturated carbocycles. The van der Waals surface area contributed by atoms with Gasteiger partial charge in [-0.25, -0.2) is 19.0 Å². The van der Waals surface area contributed by atoms with Gasteiger partial charge in [-0.05, 0) is 39.7 Å². The molecule has 3 aromatic heterocycles. The Morgan fingerprint density at radius 2 is 2.03 bits per heavy atom. The van der Waals surface area contributed by atoms with E-state index in [-0.39, 0.29) is 11.9 Å². The summed E-state index contributed by atoms with van der Waals surface area (Å²) in [6, 6.07) is 2.64. The maximum absolute atomic E-state index is 14.2. The lowest BCUT2D eigenvalue weighted by atomic mass is 9.98. The number of anilines is 2. The lowest BCUT2D eigenvalue weighted by molar-refractivity contribution is 0.0569. The van der Waals surface area contributed by atoms with Crippen molar-refractivity contribution in [1.29, 1.82) is 0 Å². The number of halogens is 1. The maximum Gasteiger partial charge on any atom is 0.244 e. The summed E-state index contributed by atoms with van der Waals surface area (Å²) in [5, 5.41) is 19.9. The molecule has 0 radical (unpaired) electrons. The van der Waals surface area contributed by atoms with Crippen molar-refractivity contribution in [2.45, 2.75) is 51.7 Å². The van der Waals surface area contributed by atoms with E-state index in [0.717, 1.165) is 25.2 Å². The van der Waals surface area contributed by atoms with Gasteiger partial charge in [0.2, 0.25) is 11.9 Å². The number of rotatable bonds is 5. The van der Waals surface area contributed by atoms with Gasteiger partial charge in [0.25, 0.3) is 0 Å². The Balaban J connectivity index is 1.48. The molecule has 4 aromatic rings. The highest BCUT2D eigenvalue weighted by Gasteiger charge is 2.29. The van der Waals surface area contributed by atoms with Gasteiger partial charge in [-0.1, -0.05) is 0 Å². The van der Waals surface area contributed by atoms with Gasteiger partial charge in [0.05, 0.1) is 24.6 Å². The van der Waals surface area contributed by atoms with E-state index >= 15 is 0 Å². The molecular formula is C22H28FN9O2. The van der Waals surface area contributed by atoms with E-state index in [1.54, 1.807) is 18.5 Å². The molecule has 1 fully saturated rings. The molecule has 1 aromatic carbocycles. The highest BCUT2D eigenvalue weighted by Crippen LogP contribution is 2.32. The number of benzene rings is 1. The van der Waals surface area contributed by atoms with E-state index in [1.807, 2.05) is 6.92 Å². The highest BCUT2D eigenvalue weighted by molar-refractivity contribution is 5.95. The van der Waals surface area contributed by atoms with Crippen LogP contribution in [0.15, 0.2) is 12.1 Å². The van der Waals surface area contributed by atoms with Gasteiger partial charge in [-0.15, -0.1) is 10.2 Å². The fourth-order valence-electron chi connectivity index (χ4n) is 4.44. The second kappa shape index (κ2) is 8.05. The molecule has 3 N–H and O–H groups in total. The highest BCUT2D eigenvalue weighted by atomic mass is 19.1. The Morgan fingerprint density at radius 1 is 1.24 bits per heavy atom. The second-order valence-electron chi connectivity index (χ2n) is 9.39. The van der Waals surface area contributed by atoms with Crippen LogP contribution in [0, 0.1) is 12.7 Å². The molecule has 1 saturated heterocycles. The number of hydrogen-bond acceptors (Lipinski definition) is 9. The minimum Gasteiger partial charge on any atom is -0.494 e. The van der Waals surface area contributed by atoms with Crippen molar-refractivity contribution in [3.63, 3.8) is 0 Å². The van der Waals surface area contributed by atoms with Gasteiger partial charge in [0.15, 0.2) is 11.5 Å². The van der Waals surface area contributed by atoms with Crippen molar-refractivity contribution in [2.75, 3.05) is 30.8 Å². The molecule has 1 unspecified atom stereocenters. The maximum atomic E-state index is 14.2. The molecule has 0 amide bonds. The van der Waals surface area contributed by atoms with Gasteiger partial charge in [0, 0.05) is 25.1 Å². The number of fused-ring (bicyclic) bond motifs is 3. The summed E-state index contributed by atoms with van der Waals surface area (Å²) in [5.74, 6) is 1.98.